The molecule has 2 fully saturated rings. The molecule has 7 heteroatoms. The minimum absolute atomic E-state index is 0.143. The number of amides is 1. The van der Waals surface area contributed by atoms with Crippen LogP contribution >= 0.6 is 0 Å². The van der Waals surface area contributed by atoms with Crippen LogP contribution in [0.1, 0.15) is 45.6 Å². The Morgan fingerprint density at radius 3 is 2.65 bits per heavy atom. The molecule has 3 N–H and O–H groups in total. The van der Waals surface area contributed by atoms with Crippen molar-refractivity contribution in [3.8, 4) is 0 Å². The SMILES string of the molecule is CCNC(=NCc1cccc(NC(=O)C2CCC2)c1)NCC(C(C)C)N1CCOCC1. The van der Waals surface area contributed by atoms with Gasteiger partial charge in [0.05, 0.1) is 19.8 Å². The highest BCUT2D eigenvalue weighted by atomic mass is 16.5. The van der Waals surface area contributed by atoms with Crippen molar-refractivity contribution in [1.29, 1.82) is 0 Å². The number of hydrogen-bond donors (Lipinski definition) is 3. The average Bonchev–Trinajstić information content (AvgIpc) is 2.71. The molecule has 7 nitrogen and oxygen atoms in total. The summed E-state index contributed by atoms with van der Waals surface area (Å²) < 4.78 is 5.51. The van der Waals surface area contributed by atoms with Crippen molar-refractivity contribution in [2.24, 2.45) is 16.8 Å². The van der Waals surface area contributed by atoms with Gasteiger partial charge in [-0.1, -0.05) is 32.4 Å². The van der Waals surface area contributed by atoms with Crippen LogP contribution in [0.2, 0.25) is 0 Å². The Morgan fingerprint density at radius 1 is 1.23 bits per heavy atom. The number of nitrogens with one attached hydrogen (secondary N) is 3. The van der Waals surface area contributed by atoms with Crippen LogP contribution in [0.5, 0.6) is 0 Å². The molecule has 1 aromatic rings. The molecule has 31 heavy (non-hydrogen) atoms. The topological polar surface area (TPSA) is 78.0 Å². The van der Waals surface area contributed by atoms with Gasteiger partial charge in [-0.25, -0.2) is 4.99 Å². The van der Waals surface area contributed by atoms with Crippen LogP contribution in [0.25, 0.3) is 0 Å². The van der Waals surface area contributed by atoms with Crippen molar-refractivity contribution in [3.05, 3.63) is 29.8 Å². The van der Waals surface area contributed by atoms with Crippen molar-refractivity contribution >= 4 is 17.6 Å². The molecule has 0 spiro atoms. The maximum atomic E-state index is 12.2. The largest absolute Gasteiger partial charge is 0.379 e. The summed E-state index contributed by atoms with van der Waals surface area (Å²) in [6.07, 6.45) is 3.18. The number of guanidine groups is 1. The molecule has 2 aliphatic rings. The van der Waals surface area contributed by atoms with Crippen LogP contribution in [0.4, 0.5) is 5.69 Å². The summed E-state index contributed by atoms with van der Waals surface area (Å²) >= 11 is 0. The summed E-state index contributed by atoms with van der Waals surface area (Å²) in [5.41, 5.74) is 1.94. The van der Waals surface area contributed by atoms with E-state index in [0.29, 0.717) is 18.5 Å². The van der Waals surface area contributed by atoms with Crippen molar-refractivity contribution in [3.63, 3.8) is 0 Å². The molecule has 1 saturated heterocycles. The zero-order chi connectivity index (χ0) is 22.1. The molecule has 1 heterocycles. The van der Waals surface area contributed by atoms with Gasteiger partial charge in [0, 0.05) is 43.8 Å². The van der Waals surface area contributed by atoms with Crippen molar-refractivity contribution in [2.75, 3.05) is 44.7 Å². The second-order valence-corrected chi connectivity index (χ2v) is 8.85. The molecule has 0 radical (unpaired) electrons. The molecule has 1 aliphatic heterocycles. The Morgan fingerprint density at radius 2 is 2.00 bits per heavy atom. The van der Waals surface area contributed by atoms with E-state index >= 15 is 0 Å². The predicted molar refractivity (Wildman–Crippen MR) is 126 cm³/mol. The summed E-state index contributed by atoms with van der Waals surface area (Å²) in [4.78, 5) is 19.5. The summed E-state index contributed by atoms with van der Waals surface area (Å²) in [5, 5.41) is 9.94. The maximum Gasteiger partial charge on any atom is 0.227 e. The molecule has 1 atom stereocenters. The zero-order valence-electron chi connectivity index (χ0n) is 19.3. The number of aliphatic imine (C=N–C) groups is 1. The van der Waals surface area contributed by atoms with Gasteiger partial charge in [0.1, 0.15) is 0 Å². The summed E-state index contributed by atoms with van der Waals surface area (Å²) in [6, 6.07) is 8.45. The normalized spacial score (nSPS) is 19.0. The minimum Gasteiger partial charge on any atom is -0.379 e. The second-order valence-electron chi connectivity index (χ2n) is 8.85. The summed E-state index contributed by atoms with van der Waals surface area (Å²) in [5.74, 6) is 1.70. The van der Waals surface area contributed by atoms with Crippen LogP contribution in [0, 0.1) is 11.8 Å². The van der Waals surface area contributed by atoms with Gasteiger partial charge in [-0.2, -0.15) is 0 Å². The average molecular weight is 430 g/mol. The van der Waals surface area contributed by atoms with Gasteiger partial charge < -0.3 is 20.7 Å². The van der Waals surface area contributed by atoms with Gasteiger partial charge in [0.2, 0.25) is 5.91 Å². The molecule has 1 amide bonds. The number of rotatable bonds is 9. The molecule has 1 unspecified atom stereocenters. The Hall–Kier alpha value is -2.12. The standard InChI is InChI=1S/C24H39N5O2/c1-4-25-24(27-17-22(18(2)3)29-11-13-31-14-12-29)26-16-19-7-5-10-21(15-19)28-23(30)20-8-6-9-20/h5,7,10,15,18,20,22H,4,6,8-9,11-14,16-17H2,1-3H3,(H,28,30)(H2,25,26,27). The third-order valence-corrected chi connectivity index (χ3v) is 6.20. The van der Waals surface area contributed by atoms with E-state index in [9.17, 15) is 4.79 Å². The zero-order valence-corrected chi connectivity index (χ0v) is 19.3. The monoisotopic (exact) mass is 429 g/mol. The van der Waals surface area contributed by atoms with Crippen LogP contribution in [-0.2, 0) is 16.1 Å². The van der Waals surface area contributed by atoms with Gasteiger partial charge in [0.25, 0.3) is 0 Å². The first-order valence-electron chi connectivity index (χ1n) is 11.8. The fourth-order valence-corrected chi connectivity index (χ4v) is 4.07. The molecular formula is C24H39N5O2. The highest BCUT2D eigenvalue weighted by Gasteiger charge is 2.25. The van der Waals surface area contributed by atoms with E-state index in [4.69, 9.17) is 9.73 Å². The van der Waals surface area contributed by atoms with Crippen molar-refractivity contribution in [1.82, 2.24) is 15.5 Å². The lowest BCUT2D eigenvalue weighted by Gasteiger charge is -2.37. The first kappa shape index (κ1) is 23.5. The lowest BCUT2D eigenvalue weighted by atomic mass is 9.85. The van der Waals surface area contributed by atoms with Gasteiger partial charge in [-0.05, 0) is 43.4 Å². The van der Waals surface area contributed by atoms with Crippen LogP contribution < -0.4 is 16.0 Å². The van der Waals surface area contributed by atoms with Crippen LogP contribution in [0.15, 0.2) is 29.3 Å². The highest BCUT2D eigenvalue weighted by Crippen LogP contribution is 2.27. The number of carbonyl (C=O) groups excluding carboxylic acids is 1. The number of hydrogen-bond acceptors (Lipinski definition) is 4. The molecule has 1 aliphatic carbocycles. The molecule has 172 valence electrons. The first-order chi connectivity index (χ1) is 15.1. The third kappa shape index (κ3) is 7.21. The molecule has 1 aromatic carbocycles. The highest BCUT2D eigenvalue weighted by molar-refractivity contribution is 5.93. The smallest absolute Gasteiger partial charge is 0.227 e. The van der Waals surface area contributed by atoms with Gasteiger partial charge in [-0.15, -0.1) is 0 Å². The second kappa shape index (κ2) is 12.1. The van der Waals surface area contributed by atoms with Crippen molar-refractivity contribution < 1.29 is 9.53 Å². The van der Waals surface area contributed by atoms with E-state index in [1.54, 1.807) is 0 Å². The van der Waals surface area contributed by atoms with Gasteiger partial charge in [-0.3, -0.25) is 9.69 Å². The van der Waals surface area contributed by atoms with Crippen LogP contribution in [-0.4, -0.2) is 62.2 Å². The molecule has 1 saturated carbocycles. The Kier molecular flexibility index (Phi) is 9.15. The Balaban J connectivity index is 1.57. The number of anilines is 1. The van der Waals surface area contributed by atoms with E-state index < -0.39 is 0 Å². The molecular weight excluding hydrogens is 390 g/mol. The Bertz CT molecular complexity index is 726. The molecule has 3 rings (SSSR count). The van der Waals surface area contributed by atoms with Crippen molar-refractivity contribution in [2.45, 2.75) is 52.6 Å². The van der Waals surface area contributed by atoms with E-state index in [1.807, 2.05) is 18.2 Å². The fraction of sp³-hybridized carbons (Fsp3) is 0.667. The van der Waals surface area contributed by atoms with Gasteiger partial charge >= 0.3 is 0 Å². The van der Waals surface area contributed by atoms with E-state index in [2.05, 4.69) is 47.7 Å². The molecule has 0 aromatic heterocycles. The third-order valence-electron chi connectivity index (χ3n) is 6.20. The van der Waals surface area contributed by atoms with E-state index in [1.165, 1.54) is 0 Å². The number of carbonyl (C=O) groups is 1. The first-order valence-corrected chi connectivity index (χ1v) is 11.8. The predicted octanol–water partition coefficient (Wildman–Crippen LogP) is 2.84. The lowest BCUT2D eigenvalue weighted by molar-refractivity contribution is -0.122. The maximum absolute atomic E-state index is 12.2. The minimum atomic E-state index is 0.143. The fourth-order valence-electron chi connectivity index (χ4n) is 4.07. The number of nitrogens with zero attached hydrogens (tertiary/aromatic N) is 2. The summed E-state index contributed by atoms with van der Waals surface area (Å²) in [6.45, 7) is 12.4. The summed E-state index contributed by atoms with van der Waals surface area (Å²) in [7, 11) is 0. The Labute approximate surface area is 187 Å². The van der Waals surface area contributed by atoms with E-state index in [-0.39, 0.29) is 11.8 Å². The lowest BCUT2D eigenvalue weighted by Crippen LogP contribution is -2.52. The molecule has 0 bridgehead atoms. The van der Waals surface area contributed by atoms with Gasteiger partial charge in [0.15, 0.2) is 5.96 Å². The number of ether oxygens (including phenoxy) is 1. The number of morpholine rings is 1. The van der Waals surface area contributed by atoms with Crippen LogP contribution in [0.3, 0.4) is 0 Å². The number of benzene rings is 1. The quantitative estimate of drug-likeness (QED) is 0.416. The van der Waals surface area contributed by atoms with E-state index in [0.717, 1.165) is 75.9 Å².